The fraction of sp³-hybridized carbons (Fsp3) is 0.222. The van der Waals surface area contributed by atoms with Crippen LogP contribution in [0.5, 0.6) is 11.5 Å². The third-order valence-corrected chi connectivity index (χ3v) is 3.53. The van der Waals surface area contributed by atoms with Crippen LogP contribution in [-0.2, 0) is 16.1 Å². The van der Waals surface area contributed by atoms with Crippen LogP contribution in [0.2, 0.25) is 5.02 Å². The van der Waals surface area contributed by atoms with Crippen molar-refractivity contribution in [3.63, 3.8) is 0 Å². The number of methoxy groups -OCH3 is 2. The number of nitrogens with one attached hydrogen (secondary N) is 1. The lowest BCUT2D eigenvalue weighted by Crippen LogP contribution is -2.30. The summed E-state index contributed by atoms with van der Waals surface area (Å²) in [6.45, 7) is -0.166. The summed E-state index contributed by atoms with van der Waals surface area (Å²) in [6, 6.07) is 11.7. The number of benzene rings is 2. The summed E-state index contributed by atoms with van der Waals surface area (Å²) in [5.41, 5.74) is 1.09. The Morgan fingerprint density at radius 3 is 2.32 bits per heavy atom. The molecule has 0 aliphatic rings. The molecule has 0 fully saturated rings. The predicted molar refractivity (Wildman–Crippen MR) is 93.1 cm³/mol. The lowest BCUT2D eigenvalue weighted by Gasteiger charge is -2.09. The highest BCUT2D eigenvalue weighted by atomic mass is 35.5. The first-order valence-corrected chi connectivity index (χ1v) is 7.81. The molecule has 0 bridgehead atoms. The van der Waals surface area contributed by atoms with Gasteiger partial charge in [-0.2, -0.15) is 0 Å². The van der Waals surface area contributed by atoms with Crippen molar-refractivity contribution in [3.05, 3.63) is 58.6 Å². The van der Waals surface area contributed by atoms with E-state index in [1.54, 1.807) is 42.5 Å². The van der Waals surface area contributed by atoms with Crippen molar-refractivity contribution < 1.29 is 23.8 Å². The molecule has 0 spiro atoms. The third-order valence-electron chi connectivity index (χ3n) is 3.30. The minimum atomic E-state index is -0.553. The molecule has 0 saturated heterocycles. The quantitative estimate of drug-likeness (QED) is 0.766. The second-order valence-corrected chi connectivity index (χ2v) is 5.51. The Hall–Kier alpha value is -2.73. The van der Waals surface area contributed by atoms with Crippen LogP contribution in [0.4, 0.5) is 0 Å². The van der Waals surface area contributed by atoms with Gasteiger partial charge < -0.3 is 19.5 Å². The van der Waals surface area contributed by atoms with E-state index >= 15 is 0 Å². The summed E-state index contributed by atoms with van der Waals surface area (Å²) in [6.07, 6.45) is 0. The number of hydrogen-bond acceptors (Lipinski definition) is 5. The van der Waals surface area contributed by atoms with Crippen molar-refractivity contribution in [3.8, 4) is 11.5 Å². The molecule has 1 amide bonds. The number of carbonyl (C=O) groups is 2. The van der Waals surface area contributed by atoms with Crippen molar-refractivity contribution in [1.82, 2.24) is 5.32 Å². The summed E-state index contributed by atoms with van der Waals surface area (Å²) in [4.78, 5) is 23.9. The molecule has 0 aromatic heterocycles. The zero-order chi connectivity index (χ0) is 18.2. The number of halogens is 1. The van der Waals surface area contributed by atoms with Gasteiger partial charge in [-0.05, 0) is 29.8 Å². The first kappa shape index (κ1) is 18.6. The summed E-state index contributed by atoms with van der Waals surface area (Å²) < 4.78 is 15.3. The molecular formula is C18H18ClNO5. The normalized spacial score (nSPS) is 10.0. The molecule has 25 heavy (non-hydrogen) atoms. The first-order valence-electron chi connectivity index (χ1n) is 7.43. The van der Waals surface area contributed by atoms with Crippen molar-refractivity contribution in [1.29, 1.82) is 0 Å². The van der Waals surface area contributed by atoms with Gasteiger partial charge in [-0.15, -0.1) is 0 Å². The lowest BCUT2D eigenvalue weighted by atomic mass is 10.2. The number of ether oxygens (including phenoxy) is 3. The van der Waals surface area contributed by atoms with Crippen molar-refractivity contribution in [2.24, 2.45) is 0 Å². The highest BCUT2D eigenvalue weighted by Gasteiger charge is 2.12. The molecule has 0 saturated carbocycles. The molecular weight excluding hydrogens is 346 g/mol. The molecule has 132 valence electrons. The second kappa shape index (κ2) is 8.94. The maximum atomic E-state index is 12.2. The monoisotopic (exact) mass is 363 g/mol. The predicted octanol–water partition coefficient (Wildman–Crippen LogP) is 2.83. The highest BCUT2D eigenvalue weighted by molar-refractivity contribution is 6.30. The van der Waals surface area contributed by atoms with Gasteiger partial charge >= 0.3 is 5.97 Å². The summed E-state index contributed by atoms with van der Waals surface area (Å²) in [5.74, 6) is -0.0267. The van der Waals surface area contributed by atoms with Gasteiger partial charge in [-0.3, -0.25) is 9.59 Å². The van der Waals surface area contributed by atoms with Gasteiger partial charge in [-0.25, -0.2) is 0 Å². The largest absolute Gasteiger partial charge is 0.497 e. The van der Waals surface area contributed by atoms with Gasteiger partial charge in [0.2, 0.25) is 0 Å². The fourth-order valence-electron chi connectivity index (χ4n) is 2.03. The Morgan fingerprint density at radius 1 is 1.04 bits per heavy atom. The molecule has 0 heterocycles. The fourth-order valence-corrected chi connectivity index (χ4v) is 2.25. The molecule has 2 rings (SSSR count). The van der Waals surface area contributed by atoms with E-state index in [0.29, 0.717) is 22.1 Å². The Morgan fingerprint density at radius 2 is 1.72 bits per heavy atom. The number of esters is 1. The van der Waals surface area contributed by atoms with Crippen LogP contribution < -0.4 is 14.8 Å². The maximum absolute atomic E-state index is 12.2. The molecule has 0 atom stereocenters. The number of rotatable bonds is 7. The second-order valence-electron chi connectivity index (χ2n) is 5.07. The first-order chi connectivity index (χ1) is 12.0. The standard InChI is InChI=1S/C18H18ClNO5/c1-23-15-7-13(8-16(9-15)24-2)18(22)20-10-17(21)25-11-12-4-3-5-14(19)6-12/h3-9H,10-11H2,1-2H3,(H,20,22). The molecule has 2 aromatic rings. The van der Waals surface area contributed by atoms with E-state index in [0.717, 1.165) is 5.56 Å². The molecule has 0 aliphatic heterocycles. The topological polar surface area (TPSA) is 73.9 Å². The minimum absolute atomic E-state index is 0.0856. The Bertz CT molecular complexity index is 741. The van der Waals surface area contributed by atoms with Crippen LogP contribution in [0.3, 0.4) is 0 Å². The number of hydrogen-bond donors (Lipinski definition) is 1. The maximum Gasteiger partial charge on any atom is 0.325 e. The van der Waals surface area contributed by atoms with Crippen molar-refractivity contribution in [2.75, 3.05) is 20.8 Å². The lowest BCUT2D eigenvalue weighted by molar-refractivity contribution is -0.143. The average Bonchev–Trinajstić information content (AvgIpc) is 2.63. The van der Waals surface area contributed by atoms with E-state index in [4.69, 9.17) is 25.8 Å². The van der Waals surface area contributed by atoms with Gasteiger partial charge in [-0.1, -0.05) is 23.7 Å². The van der Waals surface area contributed by atoms with Gasteiger partial charge in [0.15, 0.2) is 0 Å². The van der Waals surface area contributed by atoms with E-state index < -0.39 is 11.9 Å². The molecule has 2 aromatic carbocycles. The Balaban J connectivity index is 1.87. The summed E-state index contributed by atoms with van der Waals surface area (Å²) in [7, 11) is 2.98. The third kappa shape index (κ3) is 5.69. The van der Waals surface area contributed by atoms with Gasteiger partial charge in [0.25, 0.3) is 5.91 Å². The van der Waals surface area contributed by atoms with Gasteiger partial charge in [0, 0.05) is 16.7 Å². The van der Waals surface area contributed by atoms with E-state index in [1.807, 2.05) is 0 Å². The van der Waals surface area contributed by atoms with Crippen LogP contribution in [0.1, 0.15) is 15.9 Å². The molecule has 0 aliphatic carbocycles. The number of carbonyl (C=O) groups excluding carboxylic acids is 2. The minimum Gasteiger partial charge on any atom is -0.497 e. The van der Waals surface area contributed by atoms with Crippen molar-refractivity contribution >= 4 is 23.5 Å². The summed E-state index contributed by atoms with van der Waals surface area (Å²) >= 11 is 5.86. The number of amides is 1. The van der Waals surface area contributed by atoms with E-state index in [-0.39, 0.29) is 13.2 Å². The Labute approximate surface area is 150 Å². The van der Waals surface area contributed by atoms with Gasteiger partial charge in [0.05, 0.1) is 14.2 Å². The zero-order valence-electron chi connectivity index (χ0n) is 13.9. The van der Waals surface area contributed by atoms with Crippen LogP contribution in [0.25, 0.3) is 0 Å². The smallest absolute Gasteiger partial charge is 0.325 e. The summed E-state index contributed by atoms with van der Waals surface area (Å²) in [5, 5.41) is 3.06. The highest BCUT2D eigenvalue weighted by Crippen LogP contribution is 2.22. The van der Waals surface area contributed by atoms with Crippen LogP contribution >= 0.6 is 11.6 Å². The van der Waals surface area contributed by atoms with Crippen LogP contribution in [0, 0.1) is 0 Å². The average molecular weight is 364 g/mol. The molecule has 6 nitrogen and oxygen atoms in total. The zero-order valence-corrected chi connectivity index (χ0v) is 14.6. The SMILES string of the molecule is COc1cc(OC)cc(C(=O)NCC(=O)OCc2cccc(Cl)c2)c1. The van der Waals surface area contributed by atoms with Crippen molar-refractivity contribution in [2.45, 2.75) is 6.61 Å². The molecule has 0 radical (unpaired) electrons. The van der Waals surface area contributed by atoms with E-state index in [2.05, 4.69) is 5.32 Å². The van der Waals surface area contributed by atoms with Crippen LogP contribution in [0.15, 0.2) is 42.5 Å². The molecule has 0 unspecified atom stereocenters. The van der Waals surface area contributed by atoms with E-state index in [1.165, 1.54) is 14.2 Å². The molecule has 7 heteroatoms. The van der Waals surface area contributed by atoms with Crippen LogP contribution in [-0.4, -0.2) is 32.6 Å². The Kier molecular flexibility index (Phi) is 6.65. The van der Waals surface area contributed by atoms with E-state index in [9.17, 15) is 9.59 Å². The van der Waals surface area contributed by atoms with Gasteiger partial charge in [0.1, 0.15) is 24.7 Å². The molecule has 1 N–H and O–H groups in total.